The van der Waals surface area contributed by atoms with Gasteiger partial charge in [-0.05, 0) is 58.6 Å². The Morgan fingerprint density at radius 3 is 2.00 bits per heavy atom. The molecule has 1 saturated heterocycles. The molecule has 0 aliphatic carbocycles. The maximum absolute atomic E-state index is 14.5. The predicted molar refractivity (Wildman–Crippen MR) is 154 cm³/mol. The van der Waals surface area contributed by atoms with E-state index in [4.69, 9.17) is 9.84 Å². The van der Waals surface area contributed by atoms with E-state index in [1.165, 1.54) is 11.1 Å². The minimum Gasteiger partial charge on any atom is -0.374 e. The van der Waals surface area contributed by atoms with Crippen LogP contribution in [0, 0.1) is 0 Å². The molecule has 39 heavy (non-hydrogen) atoms. The zero-order chi connectivity index (χ0) is 27.6. The number of aryl methyl sites for hydroxylation is 2. The minimum atomic E-state index is -1.33. The highest BCUT2D eigenvalue weighted by Crippen LogP contribution is 2.35. The number of halogens is 1. The fraction of sp³-hybridized carbons (Fsp3) is 0.394. The molecule has 1 aromatic heterocycles. The van der Waals surface area contributed by atoms with Crippen LogP contribution < -0.4 is 5.69 Å². The zero-order valence-electron chi connectivity index (χ0n) is 23.4. The topological polar surface area (TPSA) is 49.0 Å². The summed E-state index contributed by atoms with van der Waals surface area (Å²) in [6, 6.07) is 24.7. The Labute approximate surface area is 230 Å². The van der Waals surface area contributed by atoms with E-state index in [0.29, 0.717) is 18.7 Å². The molecule has 0 atom stereocenters. The molecule has 0 amide bonds. The van der Waals surface area contributed by atoms with Crippen LogP contribution in [-0.2, 0) is 41.8 Å². The number of hydrogen-bond acceptors (Lipinski definition) is 3. The second-order valence-electron chi connectivity index (χ2n) is 11.6. The van der Waals surface area contributed by atoms with E-state index in [1.807, 2.05) is 31.2 Å². The molecule has 2 heterocycles. The van der Waals surface area contributed by atoms with Crippen LogP contribution in [-0.4, -0.2) is 27.6 Å². The zero-order valence-corrected chi connectivity index (χ0v) is 23.4. The van der Waals surface area contributed by atoms with Crippen LogP contribution in [0.25, 0.3) is 11.1 Å². The second-order valence-corrected chi connectivity index (χ2v) is 11.6. The molecule has 0 radical (unpaired) electrons. The standard InChI is InChI=1S/C33H38FN3O2/c1-5-36-30(35-37(31(36)38)21-25-11-17-28(18-12-25)32(2,3)4)8-6-7-24-9-13-26(14-10-24)27-15-19-29(20-16-27)33(34)22-39-23-33/h9-20H,5-8,21-23H2,1-4H3. The van der Waals surface area contributed by atoms with Gasteiger partial charge in [0.2, 0.25) is 0 Å². The fourth-order valence-electron chi connectivity index (χ4n) is 5.10. The lowest BCUT2D eigenvalue weighted by molar-refractivity contribution is -0.135. The van der Waals surface area contributed by atoms with Crippen molar-refractivity contribution >= 4 is 0 Å². The summed E-state index contributed by atoms with van der Waals surface area (Å²) in [4.78, 5) is 13.0. The van der Waals surface area contributed by atoms with E-state index in [0.717, 1.165) is 41.8 Å². The maximum atomic E-state index is 14.5. The van der Waals surface area contributed by atoms with Crippen LogP contribution in [0.4, 0.5) is 4.39 Å². The van der Waals surface area contributed by atoms with Crippen molar-refractivity contribution in [2.45, 2.75) is 71.1 Å². The quantitative estimate of drug-likeness (QED) is 0.251. The Kier molecular flexibility index (Phi) is 7.59. The van der Waals surface area contributed by atoms with Gasteiger partial charge in [-0.3, -0.25) is 4.57 Å². The molecule has 0 N–H and O–H groups in total. The molecular weight excluding hydrogens is 489 g/mol. The number of aromatic nitrogens is 3. The number of alkyl halides is 1. The summed E-state index contributed by atoms with van der Waals surface area (Å²) in [6.07, 6.45) is 2.56. The van der Waals surface area contributed by atoms with Gasteiger partial charge in [0.1, 0.15) is 5.82 Å². The van der Waals surface area contributed by atoms with Gasteiger partial charge in [0.25, 0.3) is 0 Å². The van der Waals surface area contributed by atoms with Crippen LogP contribution in [0.2, 0.25) is 0 Å². The van der Waals surface area contributed by atoms with Crippen LogP contribution >= 0.6 is 0 Å². The summed E-state index contributed by atoms with van der Waals surface area (Å²) >= 11 is 0. The summed E-state index contributed by atoms with van der Waals surface area (Å²) < 4.78 is 23.0. The molecule has 1 aliphatic rings. The molecule has 0 bridgehead atoms. The van der Waals surface area contributed by atoms with Gasteiger partial charge in [0.05, 0.1) is 19.8 Å². The van der Waals surface area contributed by atoms with Gasteiger partial charge in [-0.15, -0.1) is 0 Å². The summed E-state index contributed by atoms with van der Waals surface area (Å²) in [5, 5.41) is 4.70. The second kappa shape index (κ2) is 10.9. The van der Waals surface area contributed by atoms with E-state index < -0.39 is 5.67 Å². The maximum Gasteiger partial charge on any atom is 0.346 e. The summed E-state index contributed by atoms with van der Waals surface area (Å²) in [7, 11) is 0. The first-order chi connectivity index (χ1) is 18.7. The molecule has 4 aromatic rings. The van der Waals surface area contributed by atoms with Gasteiger partial charge < -0.3 is 4.74 Å². The Hall–Kier alpha value is -3.51. The first-order valence-corrected chi connectivity index (χ1v) is 13.9. The number of benzene rings is 3. The van der Waals surface area contributed by atoms with Crippen molar-refractivity contribution in [1.29, 1.82) is 0 Å². The number of nitrogens with zero attached hydrogens (tertiary/aromatic N) is 3. The van der Waals surface area contributed by atoms with Crippen LogP contribution in [0.1, 0.15) is 62.2 Å². The molecule has 1 aliphatic heterocycles. The third kappa shape index (κ3) is 5.91. The normalized spacial score (nSPS) is 14.8. The van der Waals surface area contributed by atoms with Gasteiger partial charge in [0, 0.05) is 13.0 Å². The summed E-state index contributed by atoms with van der Waals surface area (Å²) in [5.74, 6) is 0.841. The fourth-order valence-corrected chi connectivity index (χ4v) is 5.10. The Balaban J connectivity index is 1.19. The molecule has 5 nitrogen and oxygen atoms in total. The lowest BCUT2D eigenvalue weighted by Crippen LogP contribution is -2.42. The molecule has 204 valence electrons. The molecular formula is C33H38FN3O2. The molecule has 1 fully saturated rings. The molecule has 0 unspecified atom stereocenters. The van der Waals surface area contributed by atoms with Crippen molar-refractivity contribution in [1.82, 2.24) is 14.3 Å². The molecule has 3 aromatic carbocycles. The third-order valence-electron chi connectivity index (χ3n) is 7.69. The van der Waals surface area contributed by atoms with Gasteiger partial charge in [0.15, 0.2) is 5.67 Å². The Morgan fingerprint density at radius 1 is 0.872 bits per heavy atom. The van der Waals surface area contributed by atoms with Crippen molar-refractivity contribution in [3.05, 3.63) is 111 Å². The number of ether oxygens (including phenoxy) is 1. The molecule has 5 rings (SSSR count). The average Bonchev–Trinajstić information content (AvgIpc) is 3.21. The lowest BCUT2D eigenvalue weighted by Gasteiger charge is -2.34. The van der Waals surface area contributed by atoms with E-state index >= 15 is 0 Å². The highest BCUT2D eigenvalue weighted by Gasteiger charge is 2.40. The SMILES string of the molecule is CCn1c(CCCc2ccc(-c3ccc(C4(F)COC4)cc3)cc2)nn(Cc2ccc(C(C)(C)C)cc2)c1=O. The monoisotopic (exact) mass is 527 g/mol. The van der Waals surface area contributed by atoms with Gasteiger partial charge in [-0.25, -0.2) is 13.9 Å². The molecule has 6 heteroatoms. The van der Waals surface area contributed by atoms with E-state index in [-0.39, 0.29) is 24.3 Å². The van der Waals surface area contributed by atoms with Crippen LogP contribution in [0.15, 0.2) is 77.6 Å². The van der Waals surface area contributed by atoms with Crippen molar-refractivity contribution in [3.8, 4) is 11.1 Å². The molecule has 0 saturated carbocycles. The number of rotatable bonds is 9. The van der Waals surface area contributed by atoms with Gasteiger partial charge in [-0.1, -0.05) is 93.6 Å². The van der Waals surface area contributed by atoms with Crippen molar-refractivity contribution in [3.63, 3.8) is 0 Å². The first kappa shape index (κ1) is 27.1. The highest BCUT2D eigenvalue weighted by molar-refractivity contribution is 5.64. The van der Waals surface area contributed by atoms with Crippen LogP contribution in [0.3, 0.4) is 0 Å². The molecule has 0 spiro atoms. The van der Waals surface area contributed by atoms with E-state index in [1.54, 1.807) is 9.25 Å². The Morgan fingerprint density at radius 2 is 1.46 bits per heavy atom. The predicted octanol–water partition coefficient (Wildman–Crippen LogP) is 6.45. The van der Waals surface area contributed by atoms with Gasteiger partial charge >= 0.3 is 5.69 Å². The first-order valence-electron chi connectivity index (χ1n) is 13.9. The van der Waals surface area contributed by atoms with Crippen LogP contribution in [0.5, 0.6) is 0 Å². The lowest BCUT2D eigenvalue weighted by atomic mass is 9.87. The largest absolute Gasteiger partial charge is 0.374 e. The summed E-state index contributed by atoms with van der Waals surface area (Å²) in [6.45, 7) is 9.96. The number of hydrogen-bond donors (Lipinski definition) is 0. The average molecular weight is 528 g/mol. The van der Waals surface area contributed by atoms with E-state index in [9.17, 15) is 9.18 Å². The minimum absolute atomic E-state index is 0.0497. The highest BCUT2D eigenvalue weighted by atomic mass is 19.1. The summed E-state index contributed by atoms with van der Waals surface area (Å²) in [5.41, 5.74) is 5.17. The smallest absolute Gasteiger partial charge is 0.346 e. The van der Waals surface area contributed by atoms with E-state index in [2.05, 4.69) is 69.3 Å². The van der Waals surface area contributed by atoms with Gasteiger partial charge in [-0.2, -0.15) is 5.10 Å². The Bertz CT molecular complexity index is 1460. The van der Waals surface area contributed by atoms with Crippen molar-refractivity contribution < 1.29 is 9.13 Å². The van der Waals surface area contributed by atoms with Crippen molar-refractivity contribution in [2.24, 2.45) is 0 Å². The third-order valence-corrected chi connectivity index (χ3v) is 7.69. The van der Waals surface area contributed by atoms with Crippen molar-refractivity contribution in [2.75, 3.05) is 13.2 Å².